The third-order valence-corrected chi connectivity index (χ3v) is 3.43. The molecule has 0 aliphatic rings. The summed E-state index contributed by atoms with van der Waals surface area (Å²) in [6, 6.07) is 5.77. The topological polar surface area (TPSA) is 56.7 Å². The molecule has 0 saturated heterocycles. The summed E-state index contributed by atoms with van der Waals surface area (Å²) >= 11 is 1.63. The van der Waals surface area contributed by atoms with E-state index < -0.39 is 0 Å². The first-order valence-corrected chi connectivity index (χ1v) is 5.69. The van der Waals surface area contributed by atoms with Gasteiger partial charge in [0.25, 0.3) is 0 Å². The largest absolute Gasteiger partial charge is 0.399 e. The van der Waals surface area contributed by atoms with Gasteiger partial charge in [0.2, 0.25) is 0 Å². The molecule has 0 atom stereocenters. The molecule has 2 N–H and O–H groups in total. The van der Waals surface area contributed by atoms with Crippen LogP contribution in [0.15, 0.2) is 30.6 Å². The number of aryl methyl sites for hydroxylation is 1. The summed E-state index contributed by atoms with van der Waals surface area (Å²) in [5.74, 6) is 0. The van der Waals surface area contributed by atoms with Crippen molar-refractivity contribution in [3.05, 3.63) is 30.6 Å². The molecule has 1 aromatic carbocycles. The highest BCUT2D eigenvalue weighted by molar-refractivity contribution is 7.21. The van der Waals surface area contributed by atoms with E-state index in [0.29, 0.717) is 0 Å². The summed E-state index contributed by atoms with van der Waals surface area (Å²) in [7, 11) is 1.90. The highest BCUT2D eigenvalue weighted by Crippen LogP contribution is 2.30. The Kier molecular flexibility index (Phi) is 1.94. The quantitative estimate of drug-likeness (QED) is 0.652. The van der Waals surface area contributed by atoms with Gasteiger partial charge in [-0.3, -0.25) is 4.68 Å². The number of fused-ring (bicyclic) bond motifs is 1. The molecule has 3 rings (SSSR count). The molecular formula is C11H10N4S. The highest BCUT2D eigenvalue weighted by Gasteiger charge is 2.07. The first-order valence-electron chi connectivity index (χ1n) is 4.87. The molecular weight excluding hydrogens is 220 g/mol. The van der Waals surface area contributed by atoms with Gasteiger partial charge in [0.05, 0.1) is 16.4 Å². The number of hydrogen-bond donors (Lipinski definition) is 1. The normalized spacial score (nSPS) is 11.1. The van der Waals surface area contributed by atoms with E-state index in [4.69, 9.17) is 5.73 Å². The van der Waals surface area contributed by atoms with E-state index in [2.05, 4.69) is 10.1 Å². The monoisotopic (exact) mass is 230 g/mol. The Bertz CT molecular complexity index is 653. The Morgan fingerprint density at radius 3 is 3.00 bits per heavy atom. The number of anilines is 1. The number of aromatic nitrogens is 3. The van der Waals surface area contributed by atoms with Gasteiger partial charge in [-0.15, -0.1) is 11.3 Å². The van der Waals surface area contributed by atoms with Gasteiger partial charge in [0.15, 0.2) is 0 Å². The van der Waals surface area contributed by atoms with Crippen LogP contribution in [0.25, 0.3) is 20.8 Å². The molecule has 2 aromatic heterocycles. The van der Waals surface area contributed by atoms with Crippen molar-refractivity contribution in [3.63, 3.8) is 0 Å². The van der Waals surface area contributed by atoms with Crippen molar-refractivity contribution in [1.29, 1.82) is 0 Å². The Morgan fingerprint density at radius 1 is 1.38 bits per heavy atom. The van der Waals surface area contributed by atoms with E-state index in [9.17, 15) is 0 Å². The van der Waals surface area contributed by atoms with Crippen LogP contribution in [0.5, 0.6) is 0 Å². The molecule has 0 bridgehead atoms. The maximum absolute atomic E-state index is 5.74. The average Bonchev–Trinajstić information content (AvgIpc) is 2.83. The van der Waals surface area contributed by atoms with Crippen LogP contribution in [0.2, 0.25) is 0 Å². The third-order valence-electron chi connectivity index (χ3n) is 2.36. The number of nitrogens with two attached hydrogens (primary N) is 1. The molecule has 0 fully saturated rings. The molecule has 3 aromatic rings. The summed E-state index contributed by atoms with van der Waals surface area (Å²) in [5, 5.41) is 5.12. The van der Waals surface area contributed by atoms with Crippen molar-refractivity contribution in [2.45, 2.75) is 0 Å². The van der Waals surface area contributed by atoms with Gasteiger partial charge in [-0.25, -0.2) is 4.98 Å². The van der Waals surface area contributed by atoms with E-state index in [1.54, 1.807) is 16.0 Å². The lowest BCUT2D eigenvalue weighted by Crippen LogP contribution is -1.83. The van der Waals surface area contributed by atoms with Gasteiger partial charge in [-0.1, -0.05) is 0 Å². The SMILES string of the molecule is Cn1cc(-c2nc3ccc(N)cc3s2)cn1. The molecule has 0 saturated carbocycles. The summed E-state index contributed by atoms with van der Waals surface area (Å²) in [5.41, 5.74) is 8.54. The molecule has 80 valence electrons. The first kappa shape index (κ1) is 9.35. The maximum Gasteiger partial charge on any atom is 0.127 e. The maximum atomic E-state index is 5.74. The molecule has 0 aliphatic carbocycles. The van der Waals surface area contributed by atoms with Crippen LogP contribution in [0, 0.1) is 0 Å². The Hall–Kier alpha value is -1.88. The van der Waals surface area contributed by atoms with Crippen molar-refractivity contribution in [2.75, 3.05) is 5.73 Å². The van der Waals surface area contributed by atoms with Crippen LogP contribution in [0.4, 0.5) is 5.69 Å². The average molecular weight is 230 g/mol. The fourth-order valence-corrected chi connectivity index (χ4v) is 2.59. The first-order chi connectivity index (χ1) is 7.72. The van der Waals surface area contributed by atoms with Gasteiger partial charge < -0.3 is 5.73 Å². The minimum Gasteiger partial charge on any atom is -0.399 e. The highest BCUT2D eigenvalue weighted by atomic mass is 32.1. The van der Waals surface area contributed by atoms with Crippen LogP contribution in [-0.2, 0) is 7.05 Å². The second kappa shape index (κ2) is 3.31. The zero-order valence-electron chi connectivity index (χ0n) is 8.71. The van der Waals surface area contributed by atoms with Crippen LogP contribution in [0.3, 0.4) is 0 Å². The van der Waals surface area contributed by atoms with E-state index in [-0.39, 0.29) is 0 Å². The lowest BCUT2D eigenvalue weighted by Gasteiger charge is -1.89. The molecule has 4 nitrogen and oxygen atoms in total. The Labute approximate surface area is 96.3 Å². The molecule has 0 aliphatic heterocycles. The number of benzene rings is 1. The van der Waals surface area contributed by atoms with Gasteiger partial charge in [0, 0.05) is 24.5 Å². The van der Waals surface area contributed by atoms with E-state index in [1.165, 1.54) is 0 Å². The minimum absolute atomic E-state index is 0.772. The molecule has 16 heavy (non-hydrogen) atoms. The van der Waals surface area contributed by atoms with Gasteiger partial charge in [-0.05, 0) is 18.2 Å². The second-order valence-corrected chi connectivity index (χ2v) is 4.68. The molecule has 5 heteroatoms. The van der Waals surface area contributed by atoms with Gasteiger partial charge >= 0.3 is 0 Å². The van der Waals surface area contributed by atoms with Crippen molar-refractivity contribution in [1.82, 2.24) is 14.8 Å². The zero-order chi connectivity index (χ0) is 11.1. The smallest absolute Gasteiger partial charge is 0.127 e. The van der Waals surface area contributed by atoms with Crippen LogP contribution >= 0.6 is 11.3 Å². The third kappa shape index (κ3) is 1.45. The molecule has 0 unspecified atom stereocenters. The number of thiazole rings is 1. The number of hydrogen-bond acceptors (Lipinski definition) is 4. The summed E-state index contributed by atoms with van der Waals surface area (Å²) < 4.78 is 2.88. The standard InChI is InChI=1S/C11H10N4S/c1-15-6-7(5-13-15)11-14-9-3-2-8(12)4-10(9)16-11/h2-6H,12H2,1H3. The van der Waals surface area contributed by atoms with Crippen molar-refractivity contribution < 1.29 is 0 Å². The Morgan fingerprint density at radius 2 is 2.25 bits per heavy atom. The zero-order valence-corrected chi connectivity index (χ0v) is 9.53. The summed E-state index contributed by atoms with van der Waals surface area (Å²) in [4.78, 5) is 4.55. The number of rotatable bonds is 1. The van der Waals surface area contributed by atoms with Crippen LogP contribution in [0.1, 0.15) is 0 Å². The number of nitrogens with zero attached hydrogens (tertiary/aromatic N) is 3. The summed E-state index contributed by atoms with van der Waals surface area (Å²) in [6.07, 6.45) is 3.78. The Balaban J connectivity index is 2.18. The number of nitrogen functional groups attached to an aromatic ring is 1. The fraction of sp³-hybridized carbons (Fsp3) is 0.0909. The fourth-order valence-electron chi connectivity index (χ4n) is 1.60. The molecule has 0 radical (unpaired) electrons. The lowest BCUT2D eigenvalue weighted by atomic mass is 10.3. The molecule has 0 amide bonds. The van der Waals surface area contributed by atoms with Crippen molar-refractivity contribution >= 4 is 27.2 Å². The summed E-state index contributed by atoms with van der Waals surface area (Å²) in [6.45, 7) is 0. The van der Waals surface area contributed by atoms with Crippen molar-refractivity contribution in [2.24, 2.45) is 7.05 Å². The molecule has 2 heterocycles. The van der Waals surface area contributed by atoms with E-state index in [1.807, 2.05) is 37.6 Å². The van der Waals surface area contributed by atoms with Gasteiger partial charge in [-0.2, -0.15) is 5.10 Å². The predicted molar refractivity (Wildman–Crippen MR) is 66.2 cm³/mol. The van der Waals surface area contributed by atoms with Crippen molar-refractivity contribution in [3.8, 4) is 10.6 Å². The van der Waals surface area contributed by atoms with Crippen LogP contribution in [-0.4, -0.2) is 14.8 Å². The second-order valence-electron chi connectivity index (χ2n) is 3.65. The van der Waals surface area contributed by atoms with E-state index in [0.717, 1.165) is 26.5 Å². The predicted octanol–water partition coefficient (Wildman–Crippen LogP) is 2.28. The van der Waals surface area contributed by atoms with Gasteiger partial charge in [0.1, 0.15) is 5.01 Å². The van der Waals surface area contributed by atoms with Crippen LogP contribution < -0.4 is 5.73 Å². The minimum atomic E-state index is 0.772. The molecule has 0 spiro atoms. The van der Waals surface area contributed by atoms with E-state index >= 15 is 0 Å². The lowest BCUT2D eigenvalue weighted by molar-refractivity contribution is 0.768.